The van der Waals surface area contributed by atoms with Crippen LogP contribution >= 0.6 is 0 Å². The maximum atomic E-state index is 11.5. The number of carbonyl (C=O) groups excluding carboxylic acids is 1. The quantitative estimate of drug-likeness (QED) is 0.539. The highest BCUT2D eigenvalue weighted by Gasteiger charge is 2.29. The second kappa shape index (κ2) is 6.01. The molecule has 0 saturated carbocycles. The minimum atomic E-state index is -0.120. The largest absolute Gasteiger partial charge is 0.375 e. The van der Waals surface area contributed by atoms with Crippen molar-refractivity contribution in [1.29, 1.82) is 0 Å². The van der Waals surface area contributed by atoms with Crippen LogP contribution in [0.1, 0.15) is 26.7 Å². The molecule has 0 radical (unpaired) electrons. The van der Waals surface area contributed by atoms with E-state index in [4.69, 9.17) is 4.74 Å². The Kier molecular flexibility index (Phi) is 4.96. The van der Waals surface area contributed by atoms with Gasteiger partial charge in [0.15, 0.2) is 0 Å². The van der Waals surface area contributed by atoms with Gasteiger partial charge in [-0.3, -0.25) is 4.79 Å². The highest BCUT2D eigenvalue weighted by molar-refractivity contribution is 5.78. The predicted octanol–water partition coefficient (Wildman–Crippen LogP) is 0.836. The van der Waals surface area contributed by atoms with Crippen molar-refractivity contribution in [1.82, 2.24) is 10.6 Å². The summed E-state index contributed by atoms with van der Waals surface area (Å²) in [5, 5.41) is 6.00. The van der Waals surface area contributed by atoms with Gasteiger partial charge in [0.25, 0.3) is 0 Å². The minimum Gasteiger partial charge on any atom is -0.375 e. The molecule has 0 spiro atoms. The molecule has 16 heavy (non-hydrogen) atoms. The Labute approximate surface area is 97.4 Å². The molecule has 1 amide bonds. The second-order valence-corrected chi connectivity index (χ2v) is 4.78. The van der Waals surface area contributed by atoms with Crippen LogP contribution in [0.2, 0.25) is 0 Å². The lowest BCUT2D eigenvalue weighted by Gasteiger charge is -2.35. The van der Waals surface area contributed by atoms with Crippen LogP contribution in [0, 0.1) is 0 Å². The van der Waals surface area contributed by atoms with E-state index in [2.05, 4.69) is 31.1 Å². The van der Waals surface area contributed by atoms with Crippen molar-refractivity contribution >= 4 is 5.91 Å². The number of ether oxygens (including phenoxy) is 1. The summed E-state index contributed by atoms with van der Waals surface area (Å²) in [6.07, 6.45) is 3.52. The molecule has 1 unspecified atom stereocenters. The third kappa shape index (κ3) is 4.77. The molecular weight excluding hydrogens is 204 g/mol. The number of carbonyl (C=O) groups is 1. The van der Waals surface area contributed by atoms with E-state index in [0.717, 1.165) is 19.4 Å². The van der Waals surface area contributed by atoms with Crippen LogP contribution in [0.5, 0.6) is 0 Å². The fraction of sp³-hybridized carbons (Fsp3) is 0.750. The van der Waals surface area contributed by atoms with Crippen molar-refractivity contribution in [2.24, 2.45) is 0 Å². The van der Waals surface area contributed by atoms with Crippen molar-refractivity contribution < 1.29 is 9.53 Å². The first-order valence-corrected chi connectivity index (χ1v) is 5.78. The summed E-state index contributed by atoms with van der Waals surface area (Å²) in [4.78, 5) is 11.5. The van der Waals surface area contributed by atoms with Gasteiger partial charge in [0.1, 0.15) is 0 Å². The first-order chi connectivity index (χ1) is 7.53. The zero-order valence-electron chi connectivity index (χ0n) is 10.2. The number of amides is 1. The number of hydrogen-bond acceptors (Lipinski definition) is 3. The Balaban J connectivity index is 2.25. The average molecular weight is 226 g/mol. The van der Waals surface area contributed by atoms with Crippen LogP contribution in [0.3, 0.4) is 0 Å². The van der Waals surface area contributed by atoms with E-state index in [9.17, 15) is 4.79 Å². The summed E-state index contributed by atoms with van der Waals surface area (Å²) in [6, 6.07) is 0.238. The van der Waals surface area contributed by atoms with Crippen LogP contribution in [-0.4, -0.2) is 37.2 Å². The molecule has 92 valence electrons. The zero-order valence-corrected chi connectivity index (χ0v) is 10.2. The molecule has 1 rings (SSSR count). The Hall–Kier alpha value is -0.870. The fourth-order valence-corrected chi connectivity index (χ4v) is 1.92. The summed E-state index contributed by atoms with van der Waals surface area (Å²) < 4.78 is 5.60. The summed E-state index contributed by atoms with van der Waals surface area (Å²) in [6.45, 7) is 9.43. The van der Waals surface area contributed by atoms with E-state index in [1.807, 2.05) is 0 Å². The van der Waals surface area contributed by atoms with Crippen molar-refractivity contribution in [3.8, 4) is 0 Å². The molecule has 4 heteroatoms. The summed E-state index contributed by atoms with van der Waals surface area (Å²) in [7, 11) is 0. The van der Waals surface area contributed by atoms with E-state index < -0.39 is 0 Å². The molecule has 0 aliphatic carbocycles. The van der Waals surface area contributed by atoms with Gasteiger partial charge in [-0.2, -0.15) is 0 Å². The first-order valence-electron chi connectivity index (χ1n) is 5.78. The molecule has 2 N–H and O–H groups in total. The maximum absolute atomic E-state index is 11.5. The average Bonchev–Trinajstić information content (AvgIpc) is 2.16. The number of nitrogens with one attached hydrogen (secondary N) is 2. The SMILES string of the molecule is C=CCNCC(=O)NC1CCOC(C)(C)C1. The van der Waals surface area contributed by atoms with Gasteiger partial charge in [0, 0.05) is 19.2 Å². The summed E-state index contributed by atoms with van der Waals surface area (Å²) in [5.41, 5.74) is -0.120. The van der Waals surface area contributed by atoms with E-state index in [0.29, 0.717) is 13.1 Å². The van der Waals surface area contributed by atoms with Crippen molar-refractivity contribution in [2.45, 2.75) is 38.3 Å². The molecule has 0 aromatic heterocycles. The van der Waals surface area contributed by atoms with Gasteiger partial charge in [0.05, 0.1) is 12.1 Å². The van der Waals surface area contributed by atoms with Gasteiger partial charge < -0.3 is 15.4 Å². The zero-order chi connectivity index (χ0) is 12.0. The summed E-state index contributed by atoms with van der Waals surface area (Å²) >= 11 is 0. The molecule has 1 heterocycles. The Morgan fingerprint density at radius 2 is 2.38 bits per heavy atom. The Morgan fingerprint density at radius 1 is 1.62 bits per heavy atom. The molecule has 1 fully saturated rings. The molecule has 1 aliphatic rings. The van der Waals surface area contributed by atoms with Crippen molar-refractivity contribution in [3.05, 3.63) is 12.7 Å². The van der Waals surface area contributed by atoms with E-state index in [1.165, 1.54) is 0 Å². The van der Waals surface area contributed by atoms with Gasteiger partial charge in [-0.25, -0.2) is 0 Å². The molecule has 4 nitrogen and oxygen atoms in total. The van der Waals surface area contributed by atoms with Gasteiger partial charge in [-0.05, 0) is 26.7 Å². The number of hydrogen-bond donors (Lipinski definition) is 2. The van der Waals surface area contributed by atoms with E-state index >= 15 is 0 Å². The smallest absolute Gasteiger partial charge is 0.234 e. The minimum absolute atomic E-state index is 0.0459. The van der Waals surface area contributed by atoms with Crippen LogP contribution in [0.25, 0.3) is 0 Å². The van der Waals surface area contributed by atoms with Gasteiger partial charge >= 0.3 is 0 Å². The third-order valence-electron chi connectivity index (χ3n) is 2.64. The summed E-state index contributed by atoms with van der Waals surface area (Å²) in [5.74, 6) is 0.0459. The predicted molar refractivity (Wildman–Crippen MR) is 64.3 cm³/mol. The molecule has 0 aromatic rings. The standard InChI is InChI=1S/C12H22N2O2/c1-4-6-13-9-11(15)14-10-5-7-16-12(2,3)8-10/h4,10,13H,1,5-9H2,2-3H3,(H,14,15). The normalized spacial score (nSPS) is 23.8. The molecule has 1 atom stereocenters. The Morgan fingerprint density at radius 3 is 3.00 bits per heavy atom. The lowest BCUT2D eigenvalue weighted by Crippen LogP contribution is -2.47. The Bertz CT molecular complexity index is 251. The van der Waals surface area contributed by atoms with Crippen LogP contribution in [-0.2, 0) is 9.53 Å². The monoisotopic (exact) mass is 226 g/mol. The van der Waals surface area contributed by atoms with E-state index in [1.54, 1.807) is 6.08 Å². The van der Waals surface area contributed by atoms with Gasteiger partial charge in [0.2, 0.25) is 5.91 Å². The molecule has 1 saturated heterocycles. The van der Waals surface area contributed by atoms with E-state index in [-0.39, 0.29) is 17.6 Å². The highest BCUT2D eigenvalue weighted by atomic mass is 16.5. The molecule has 0 bridgehead atoms. The molecule has 0 aromatic carbocycles. The van der Waals surface area contributed by atoms with Crippen LogP contribution in [0.15, 0.2) is 12.7 Å². The highest BCUT2D eigenvalue weighted by Crippen LogP contribution is 2.23. The number of rotatable bonds is 5. The van der Waals surface area contributed by atoms with Crippen molar-refractivity contribution in [3.63, 3.8) is 0 Å². The van der Waals surface area contributed by atoms with Gasteiger partial charge in [-0.15, -0.1) is 6.58 Å². The lowest BCUT2D eigenvalue weighted by atomic mass is 9.94. The molecule has 1 aliphatic heterocycles. The van der Waals surface area contributed by atoms with Crippen LogP contribution in [0.4, 0.5) is 0 Å². The van der Waals surface area contributed by atoms with Crippen LogP contribution < -0.4 is 10.6 Å². The van der Waals surface area contributed by atoms with Gasteiger partial charge in [-0.1, -0.05) is 6.08 Å². The lowest BCUT2D eigenvalue weighted by molar-refractivity contribution is -0.123. The topological polar surface area (TPSA) is 50.4 Å². The second-order valence-electron chi connectivity index (χ2n) is 4.78. The third-order valence-corrected chi connectivity index (χ3v) is 2.64. The first kappa shape index (κ1) is 13.2. The maximum Gasteiger partial charge on any atom is 0.234 e. The van der Waals surface area contributed by atoms with Crippen molar-refractivity contribution in [2.75, 3.05) is 19.7 Å². The fourth-order valence-electron chi connectivity index (χ4n) is 1.92. The molecular formula is C12H22N2O2.